The lowest BCUT2D eigenvalue weighted by atomic mass is 10.2. The standard InChI is InChI=1S/C12H19F3N2O2S/c1-3-4-11(2)9-16-5-7-17(8-6-16)20(18,19)10-12(13,14)15/h3-4H,1,5-10H2,2H3. The van der Waals surface area contributed by atoms with Gasteiger partial charge >= 0.3 is 6.18 Å². The summed E-state index contributed by atoms with van der Waals surface area (Å²) in [6.07, 6.45) is -1.18. The van der Waals surface area contributed by atoms with E-state index in [0.29, 0.717) is 19.6 Å². The van der Waals surface area contributed by atoms with Crippen LogP contribution in [0.1, 0.15) is 6.92 Å². The molecule has 0 atom stereocenters. The summed E-state index contributed by atoms with van der Waals surface area (Å²) in [5.74, 6) is -1.78. The second-order valence-corrected chi connectivity index (χ2v) is 6.76. The highest BCUT2D eigenvalue weighted by Gasteiger charge is 2.39. The molecule has 0 saturated carbocycles. The monoisotopic (exact) mass is 312 g/mol. The van der Waals surface area contributed by atoms with Gasteiger partial charge in [-0.3, -0.25) is 4.90 Å². The molecule has 0 aliphatic carbocycles. The summed E-state index contributed by atoms with van der Waals surface area (Å²) >= 11 is 0. The van der Waals surface area contributed by atoms with E-state index in [0.717, 1.165) is 9.88 Å². The molecule has 0 radical (unpaired) electrons. The van der Waals surface area contributed by atoms with Crippen molar-refractivity contribution >= 4 is 10.0 Å². The molecule has 1 aliphatic heterocycles. The third kappa shape index (κ3) is 5.64. The first-order chi connectivity index (χ1) is 9.14. The third-order valence-electron chi connectivity index (χ3n) is 2.95. The van der Waals surface area contributed by atoms with Crippen LogP contribution in [-0.2, 0) is 10.0 Å². The van der Waals surface area contributed by atoms with E-state index in [1.54, 1.807) is 6.08 Å². The number of alkyl halides is 3. The summed E-state index contributed by atoms with van der Waals surface area (Å²) in [6, 6.07) is 0. The molecular weight excluding hydrogens is 293 g/mol. The molecule has 1 fully saturated rings. The molecule has 20 heavy (non-hydrogen) atoms. The molecule has 0 unspecified atom stereocenters. The second-order valence-electron chi connectivity index (χ2n) is 4.80. The van der Waals surface area contributed by atoms with Crippen molar-refractivity contribution in [3.8, 4) is 0 Å². The Hall–Kier alpha value is -0.860. The first-order valence-electron chi connectivity index (χ1n) is 6.19. The molecule has 0 amide bonds. The van der Waals surface area contributed by atoms with Crippen LogP contribution in [-0.4, -0.2) is 62.3 Å². The summed E-state index contributed by atoms with van der Waals surface area (Å²) in [4.78, 5) is 2.01. The minimum Gasteiger partial charge on any atom is -0.297 e. The van der Waals surface area contributed by atoms with Gasteiger partial charge in [0, 0.05) is 32.7 Å². The van der Waals surface area contributed by atoms with E-state index in [1.807, 2.05) is 17.9 Å². The minimum atomic E-state index is -4.70. The van der Waals surface area contributed by atoms with Gasteiger partial charge in [0.1, 0.15) is 0 Å². The minimum absolute atomic E-state index is 0.0970. The molecule has 8 heteroatoms. The van der Waals surface area contributed by atoms with Crippen LogP contribution in [0.15, 0.2) is 24.3 Å². The van der Waals surface area contributed by atoms with Crippen LogP contribution in [0.3, 0.4) is 0 Å². The molecule has 4 nitrogen and oxygen atoms in total. The van der Waals surface area contributed by atoms with Gasteiger partial charge in [0.25, 0.3) is 0 Å². The molecule has 0 spiro atoms. The Morgan fingerprint density at radius 1 is 1.25 bits per heavy atom. The van der Waals surface area contributed by atoms with Crippen LogP contribution in [0.25, 0.3) is 0 Å². The van der Waals surface area contributed by atoms with Gasteiger partial charge in [0.2, 0.25) is 10.0 Å². The number of sulfonamides is 1. The van der Waals surface area contributed by atoms with Crippen molar-refractivity contribution in [2.24, 2.45) is 0 Å². The highest BCUT2D eigenvalue weighted by Crippen LogP contribution is 2.20. The van der Waals surface area contributed by atoms with Crippen molar-refractivity contribution in [1.29, 1.82) is 0 Å². The Morgan fingerprint density at radius 3 is 2.25 bits per heavy atom. The smallest absolute Gasteiger partial charge is 0.297 e. The number of halogens is 3. The summed E-state index contributed by atoms with van der Waals surface area (Å²) in [6.45, 7) is 7.23. The van der Waals surface area contributed by atoms with E-state index in [9.17, 15) is 21.6 Å². The number of piperazine rings is 1. The number of allylic oxidation sites excluding steroid dienone is 2. The van der Waals surface area contributed by atoms with Crippen molar-refractivity contribution in [3.63, 3.8) is 0 Å². The molecule has 0 aromatic rings. The Labute approximate surface area is 117 Å². The zero-order valence-electron chi connectivity index (χ0n) is 11.4. The summed E-state index contributed by atoms with van der Waals surface area (Å²) in [5.41, 5.74) is 1.08. The zero-order chi connectivity index (χ0) is 15.4. The van der Waals surface area contributed by atoms with Crippen molar-refractivity contribution < 1.29 is 21.6 Å². The van der Waals surface area contributed by atoms with Gasteiger partial charge in [0.15, 0.2) is 5.75 Å². The van der Waals surface area contributed by atoms with Gasteiger partial charge in [-0.2, -0.15) is 17.5 Å². The molecule has 0 aromatic carbocycles. The third-order valence-corrected chi connectivity index (χ3v) is 4.79. The van der Waals surface area contributed by atoms with E-state index >= 15 is 0 Å². The molecule has 0 N–H and O–H groups in total. The maximum absolute atomic E-state index is 12.2. The van der Waals surface area contributed by atoms with Crippen LogP contribution >= 0.6 is 0 Å². The average Bonchev–Trinajstić information content (AvgIpc) is 2.26. The first kappa shape index (κ1) is 17.2. The van der Waals surface area contributed by atoms with Gasteiger partial charge in [0.05, 0.1) is 0 Å². The SMILES string of the molecule is C=CC=C(C)CN1CCN(S(=O)(=O)CC(F)(F)F)CC1. The highest BCUT2D eigenvalue weighted by molar-refractivity contribution is 7.89. The van der Waals surface area contributed by atoms with Gasteiger partial charge < -0.3 is 0 Å². The lowest BCUT2D eigenvalue weighted by Crippen LogP contribution is -2.50. The molecule has 1 rings (SSSR count). The maximum Gasteiger partial charge on any atom is 0.404 e. The van der Waals surface area contributed by atoms with E-state index in [-0.39, 0.29) is 13.1 Å². The molecule has 116 valence electrons. The van der Waals surface area contributed by atoms with Crippen LogP contribution in [0.2, 0.25) is 0 Å². The van der Waals surface area contributed by atoms with Gasteiger partial charge in [-0.25, -0.2) is 8.42 Å². The molecular formula is C12H19F3N2O2S. The summed E-state index contributed by atoms with van der Waals surface area (Å²) in [7, 11) is -4.25. The predicted molar refractivity (Wildman–Crippen MR) is 71.8 cm³/mol. The molecule has 0 bridgehead atoms. The van der Waals surface area contributed by atoms with Gasteiger partial charge in [-0.1, -0.05) is 24.3 Å². The van der Waals surface area contributed by atoms with E-state index in [1.165, 1.54) is 0 Å². The lowest BCUT2D eigenvalue weighted by molar-refractivity contribution is -0.107. The Bertz CT molecular complexity index is 464. The fourth-order valence-electron chi connectivity index (χ4n) is 2.07. The quantitative estimate of drug-likeness (QED) is 0.725. The second kappa shape index (κ2) is 6.73. The normalized spacial score (nSPS) is 20.1. The summed E-state index contributed by atoms with van der Waals surface area (Å²) in [5, 5.41) is 0. The van der Waals surface area contributed by atoms with Crippen molar-refractivity contribution in [2.75, 3.05) is 38.5 Å². The molecule has 1 heterocycles. The number of hydrogen-bond acceptors (Lipinski definition) is 3. The topological polar surface area (TPSA) is 40.6 Å². The lowest BCUT2D eigenvalue weighted by Gasteiger charge is -2.34. The Morgan fingerprint density at radius 2 is 1.80 bits per heavy atom. The van der Waals surface area contributed by atoms with E-state index in [2.05, 4.69) is 6.58 Å². The van der Waals surface area contributed by atoms with Gasteiger partial charge in [-0.15, -0.1) is 0 Å². The fourth-order valence-corrected chi connectivity index (χ4v) is 3.39. The number of hydrogen-bond donors (Lipinski definition) is 0. The van der Waals surface area contributed by atoms with Crippen molar-refractivity contribution in [3.05, 3.63) is 24.3 Å². The van der Waals surface area contributed by atoms with E-state index in [4.69, 9.17) is 0 Å². The van der Waals surface area contributed by atoms with Gasteiger partial charge in [-0.05, 0) is 6.92 Å². The van der Waals surface area contributed by atoms with Crippen LogP contribution in [0, 0.1) is 0 Å². The van der Waals surface area contributed by atoms with Crippen LogP contribution < -0.4 is 0 Å². The average molecular weight is 312 g/mol. The Kier molecular flexibility index (Phi) is 5.79. The predicted octanol–water partition coefficient (Wildman–Crippen LogP) is 1.63. The Balaban J connectivity index is 2.54. The van der Waals surface area contributed by atoms with Crippen molar-refractivity contribution in [1.82, 2.24) is 9.21 Å². The summed E-state index contributed by atoms with van der Waals surface area (Å²) < 4.78 is 60.7. The molecule has 1 saturated heterocycles. The zero-order valence-corrected chi connectivity index (χ0v) is 12.2. The number of nitrogens with zero attached hydrogens (tertiary/aromatic N) is 2. The first-order valence-corrected chi connectivity index (χ1v) is 7.80. The van der Waals surface area contributed by atoms with Crippen LogP contribution in [0.5, 0.6) is 0 Å². The number of rotatable bonds is 5. The van der Waals surface area contributed by atoms with Crippen molar-refractivity contribution in [2.45, 2.75) is 13.1 Å². The molecule has 1 aliphatic rings. The highest BCUT2D eigenvalue weighted by atomic mass is 32.2. The fraction of sp³-hybridized carbons (Fsp3) is 0.667. The maximum atomic E-state index is 12.2. The molecule has 0 aromatic heterocycles. The van der Waals surface area contributed by atoms with Crippen LogP contribution in [0.4, 0.5) is 13.2 Å². The van der Waals surface area contributed by atoms with E-state index < -0.39 is 22.0 Å². The largest absolute Gasteiger partial charge is 0.404 e.